The first kappa shape index (κ1) is 13.5. The quantitative estimate of drug-likeness (QED) is 0.735. The predicted molar refractivity (Wildman–Crippen MR) is 64.3 cm³/mol. The highest BCUT2D eigenvalue weighted by Crippen LogP contribution is 2.20. The molecule has 1 unspecified atom stereocenters. The molecule has 94 valence electrons. The van der Waals surface area contributed by atoms with Crippen molar-refractivity contribution in [3.8, 4) is 0 Å². The zero-order chi connectivity index (χ0) is 12.0. The molecule has 1 saturated heterocycles. The maximum absolute atomic E-state index is 11.3. The Balaban J connectivity index is 2.23. The van der Waals surface area contributed by atoms with Gasteiger partial charge in [0.25, 0.3) is 0 Å². The van der Waals surface area contributed by atoms with Crippen molar-refractivity contribution in [2.75, 3.05) is 20.3 Å². The minimum atomic E-state index is -0.111. The van der Waals surface area contributed by atoms with E-state index in [2.05, 4.69) is 17.6 Å². The van der Waals surface area contributed by atoms with Crippen LogP contribution in [-0.2, 0) is 9.53 Å². The van der Waals surface area contributed by atoms with E-state index in [1.165, 1.54) is 0 Å². The number of amides is 1. The monoisotopic (exact) mass is 228 g/mol. The standard InChI is InChI=1S/C12H24N2O2/c1-9(14-10(2)12(15)13-3)8-11-4-6-16-7-5-11/h9-11,14H,4-8H2,1-3H3,(H,13,15)/t9?,10-/m1/s1. The summed E-state index contributed by atoms with van der Waals surface area (Å²) in [5, 5.41) is 5.98. The smallest absolute Gasteiger partial charge is 0.236 e. The Morgan fingerprint density at radius 1 is 1.38 bits per heavy atom. The van der Waals surface area contributed by atoms with Gasteiger partial charge in [0.15, 0.2) is 0 Å². The molecule has 0 saturated carbocycles. The number of rotatable bonds is 5. The molecular formula is C12H24N2O2. The van der Waals surface area contributed by atoms with Gasteiger partial charge in [-0.25, -0.2) is 0 Å². The molecular weight excluding hydrogens is 204 g/mol. The molecule has 0 aromatic carbocycles. The van der Waals surface area contributed by atoms with E-state index < -0.39 is 0 Å². The lowest BCUT2D eigenvalue weighted by Crippen LogP contribution is -2.45. The van der Waals surface area contributed by atoms with Crippen molar-refractivity contribution < 1.29 is 9.53 Å². The molecule has 2 N–H and O–H groups in total. The van der Waals surface area contributed by atoms with Crippen molar-refractivity contribution in [3.63, 3.8) is 0 Å². The molecule has 4 nitrogen and oxygen atoms in total. The fourth-order valence-corrected chi connectivity index (χ4v) is 2.27. The molecule has 1 aliphatic heterocycles. The first-order valence-electron chi connectivity index (χ1n) is 6.19. The highest BCUT2D eigenvalue weighted by molar-refractivity contribution is 5.80. The van der Waals surface area contributed by atoms with Gasteiger partial charge in [-0.2, -0.15) is 0 Å². The van der Waals surface area contributed by atoms with E-state index in [0.29, 0.717) is 6.04 Å². The van der Waals surface area contributed by atoms with Gasteiger partial charge in [0.1, 0.15) is 0 Å². The van der Waals surface area contributed by atoms with Gasteiger partial charge in [0, 0.05) is 26.3 Å². The molecule has 1 rings (SSSR count). The Morgan fingerprint density at radius 3 is 2.56 bits per heavy atom. The summed E-state index contributed by atoms with van der Waals surface area (Å²) < 4.78 is 5.33. The lowest BCUT2D eigenvalue weighted by molar-refractivity contribution is -0.122. The molecule has 0 aromatic heterocycles. The number of ether oxygens (including phenoxy) is 1. The molecule has 0 spiro atoms. The molecule has 1 aliphatic rings. The average Bonchev–Trinajstić information content (AvgIpc) is 2.29. The summed E-state index contributed by atoms with van der Waals surface area (Å²) in [7, 11) is 1.67. The first-order chi connectivity index (χ1) is 7.63. The minimum absolute atomic E-state index is 0.0545. The van der Waals surface area contributed by atoms with Crippen LogP contribution >= 0.6 is 0 Å². The van der Waals surface area contributed by atoms with Crippen molar-refractivity contribution in [1.29, 1.82) is 0 Å². The van der Waals surface area contributed by atoms with Crippen LogP contribution in [-0.4, -0.2) is 38.3 Å². The van der Waals surface area contributed by atoms with Crippen LogP contribution in [0.5, 0.6) is 0 Å². The van der Waals surface area contributed by atoms with Crippen LogP contribution in [0.3, 0.4) is 0 Å². The number of hydrogen-bond donors (Lipinski definition) is 2. The van der Waals surface area contributed by atoms with E-state index >= 15 is 0 Å². The van der Waals surface area contributed by atoms with Crippen LogP contribution in [0, 0.1) is 5.92 Å². The summed E-state index contributed by atoms with van der Waals surface area (Å²) in [5.41, 5.74) is 0. The summed E-state index contributed by atoms with van der Waals surface area (Å²) in [4.78, 5) is 11.3. The number of hydrogen-bond acceptors (Lipinski definition) is 3. The van der Waals surface area contributed by atoms with Gasteiger partial charge in [-0.05, 0) is 39.0 Å². The summed E-state index contributed by atoms with van der Waals surface area (Å²) in [6, 6.07) is 0.273. The molecule has 0 bridgehead atoms. The second kappa shape index (κ2) is 6.86. The summed E-state index contributed by atoms with van der Waals surface area (Å²) in [6.07, 6.45) is 3.44. The molecule has 16 heavy (non-hydrogen) atoms. The summed E-state index contributed by atoms with van der Waals surface area (Å²) in [6.45, 7) is 5.83. The van der Waals surface area contributed by atoms with Crippen LogP contribution in [0.25, 0.3) is 0 Å². The number of carbonyl (C=O) groups is 1. The highest BCUT2D eigenvalue weighted by atomic mass is 16.5. The Morgan fingerprint density at radius 2 is 2.00 bits per heavy atom. The second-order valence-electron chi connectivity index (χ2n) is 4.70. The zero-order valence-electron chi connectivity index (χ0n) is 10.6. The van der Waals surface area contributed by atoms with Crippen molar-refractivity contribution in [2.24, 2.45) is 5.92 Å². The Bertz CT molecular complexity index is 215. The third kappa shape index (κ3) is 4.49. The van der Waals surface area contributed by atoms with Gasteiger partial charge in [0.05, 0.1) is 6.04 Å². The second-order valence-corrected chi connectivity index (χ2v) is 4.70. The van der Waals surface area contributed by atoms with Crippen LogP contribution in [0.4, 0.5) is 0 Å². The number of likely N-dealkylation sites (N-methyl/N-ethyl adjacent to an activating group) is 1. The van der Waals surface area contributed by atoms with Crippen LogP contribution < -0.4 is 10.6 Å². The maximum Gasteiger partial charge on any atom is 0.236 e. The molecule has 4 heteroatoms. The summed E-state index contributed by atoms with van der Waals surface area (Å²) >= 11 is 0. The van der Waals surface area contributed by atoms with Crippen LogP contribution in [0.2, 0.25) is 0 Å². The fraction of sp³-hybridized carbons (Fsp3) is 0.917. The maximum atomic E-state index is 11.3. The zero-order valence-corrected chi connectivity index (χ0v) is 10.6. The minimum Gasteiger partial charge on any atom is -0.381 e. The lowest BCUT2D eigenvalue weighted by atomic mass is 9.93. The number of carbonyl (C=O) groups excluding carboxylic acids is 1. The van der Waals surface area contributed by atoms with Gasteiger partial charge in [-0.1, -0.05) is 0 Å². The normalized spacial score (nSPS) is 21.4. The number of nitrogens with one attached hydrogen (secondary N) is 2. The van der Waals surface area contributed by atoms with Crippen molar-refractivity contribution in [2.45, 2.75) is 45.2 Å². The topological polar surface area (TPSA) is 50.4 Å². The van der Waals surface area contributed by atoms with Crippen molar-refractivity contribution >= 4 is 5.91 Å². The third-order valence-corrected chi connectivity index (χ3v) is 3.20. The molecule has 2 atom stereocenters. The third-order valence-electron chi connectivity index (χ3n) is 3.20. The van der Waals surface area contributed by atoms with E-state index in [9.17, 15) is 4.79 Å². The van der Waals surface area contributed by atoms with Gasteiger partial charge < -0.3 is 15.4 Å². The van der Waals surface area contributed by atoms with E-state index in [-0.39, 0.29) is 11.9 Å². The molecule has 1 amide bonds. The highest BCUT2D eigenvalue weighted by Gasteiger charge is 2.19. The summed E-state index contributed by atoms with van der Waals surface area (Å²) in [5.74, 6) is 0.798. The average molecular weight is 228 g/mol. The molecule has 0 aromatic rings. The van der Waals surface area contributed by atoms with Gasteiger partial charge in [-0.3, -0.25) is 4.79 Å². The molecule has 1 fully saturated rings. The van der Waals surface area contributed by atoms with E-state index in [1.54, 1.807) is 7.05 Å². The van der Waals surface area contributed by atoms with Crippen molar-refractivity contribution in [1.82, 2.24) is 10.6 Å². The van der Waals surface area contributed by atoms with E-state index in [0.717, 1.165) is 38.4 Å². The lowest BCUT2D eigenvalue weighted by Gasteiger charge is -2.26. The van der Waals surface area contributed by atoms with Gasteiger partial charge in [-0.15, -0.1) is 0 Å². The van der Waals surface area contributed by atoms with Crippen LogP contribution in [0.1, 0.15) is 33.1 Å². The molecule has 0 radical (unpaired) electrons. The fourth-order valence-electron chi connectivity index (χ4n) is 2.27. The van der Waals surface area contributed by atoms with E-state index in [1.807, 2.05) is 6.92 Å². The van der Waals surface area contributed by atoms with Gasteiger partial charge >= 0.3 is 0 Å². The SMILES string of the molecule is CNC(=O)[C@@H](C)NC(C)CC1CCOCC1. The molecule has 1 heterocycles. The Kier molecular flexibility index (Phi) is 5.77. The Labute approximate surface area is 98.1 Å². The largest absolute Gasteiger partial charge is 0.381 e. The predicted octanol–water partition coefficient (Wildman–Crippen LogP) is 0.916. The van der Waals surface area contributed by atoms with Gasteiger partial charge in [0.2, 0.25) is 5.91 Å². The van der Waals surface area contributed by atoms with E-state index in [4.69, 9.17) is 4.74 Å². The first-order valence-corrected chi connectivity index (χ1v) is 6.19. The Hall–Kier alpha value is -0.610. The molecule has 0 aliphatic carbocycles. The van der Waals surface area contributed by atoms with Crippen molar-refractivity contribution in [3.05, 3.63) is 0 Å². The van der Waals surface area contributed by atoms with Crippen LogP contribution in [0.15, 0.2) is 0 Å².